The molecule has 0 aliphatic rings. The van der Waals surface area contributed by atoms with Crippen molar-refractivity contribution in [2.45, 2.75) is 50.2 Å². The molecule has 3 aromatic carbocycles. The van der Waals surface area contributed by atoms with Crippen LogP contribution in [0.1, 0.15) is 31.5 Å². The smallest absolute Gasteiger partial charge is 0.433 e. The van der Waals surface area contributed by atoms with Gasteiger partial charge in [0.05, 0.1) is 7.11 Å². The number of carboxylic acid groups (broad SMARTS) is 1. The lowest BCUT2D eigenvalue weighted by Gasteiger charge is -2.26. The van der Waals surface area contributed by atoms with Gasteiger partial charge in [-0.05, 0) is 66.4 Å². The third-order valence-corrected chi connectivity index (χ3v) is 7.61. The predicted molar refractivity (Wildman–Crippen MR) is 203 cm³/mol. The number of carbonyl (C=O) groups is 2. The number of hydrogen-bond donors (Lipinski definition) is 5. The molecule has 0 radical (unpaired) electrons. The summed E-state index contributed by atoms with van der Waals surface area (Å²) < 4.78 is 120. The fourth-order valence-corrected chi connectivity index (χ4v) is 5.29. The number of aliphatic carboxylic acids is 1. The van der Waals surface area contributed by atoms with Crippen LogP contribution in [0.15, 0.2) is 54.6 Å². The van der Waals surface area contributed by atoms with E-state index < -0.39 is 70.6 Å². The maximum atomic E-state index is 13.0. The summed E-state index contributed by atoms with van der Waals surface area (Å²) >= 11 is 33.4. The molecule has 8 nitrogen and oxygen atoms in total. The summed E-state index contributed by atoms with van der Waals surface area (Å²) in [4.78, 5) is 21.1. The zero-order valence-corrected chi connectivity index (χ0v) is 32.1. The molecule has 23 heteroatoms. The molecule has 0 heterocycles. The molecule has 59 heavy (non-hydrogen) atoms. The second-order valence-corrected chi connectivity index (χ2v) is 13.0. The molecule has 0 aliphatic carbocycles. The van der Waals surface area contributed by atoms with Gasteiger partial charge in [-0.2, -0.15) is 39.5 Å². The van der Waals surface area contributed by atoms with Gasteiger partial charge in [0.15, 0.2) is 0 Å². The van der Waals surface area contributed by atoms with Gasteiger partial charge < -0.3 is 30.3 Å². The van der Waals surface area contributed by atoms with E-state index in [-0.39, 0.29) is 45.0 Å². The molecule has 3 rings (SSSR count). The highest BCUT2D eigenvalue weighted by molar-refractivity contribution is 6.35. The van der Waals surface area contributed by atoms with E-state index in [1.807, 2.05) is 0 Å². The Kier molecular flexibility index (Phi) is 22.1. The Morgan fingerprint density at radius 3 is 1.02 bits per heavy atom. The first-order valence-corrected chi connectivity index (χ1v) is 16.4. The highest BCUT2D eigenvalue weighted by Crippen LogP contribution is 2.42. The van der Waals surface area contributed by atoms with Gasteiger partial charge in [0, 0.05) is 58.7 Å². The maximum Gasteiger partial charge on any atom is 0.433 e. The van der Waals surface area contributed by atoms with E-state index in [0.717, 1.165) is 49.6 Å². The highest BCUT2D eigenvalue weighted by atomic mass is 35.5. The Morgan fingerprint density at radius 2 is 0.797 bits per heavy atom. The van der Waals surface area contributed by atoms with E-state index in [9.17, 15) is 64.4 Å². The van der Waals surface area contributed by atoms with E-state index in [1.54, 1.807) is 17.8 Å². The van der Waals surface area contributed by atoms with Crippen molar-refractivity contribution >= 4 is 81.5 Å². The van der Waals surface area contributed by atoms with Gasteiger partial charge in [-0.15, -0.1) is 0 Å². The molecular formula is C36H27Cl6F9O8. The third-order valence-electron chi connectivity index (χ3n) is 6.30. The van der Waals surface area contributed by atoms with E-state index >= 15 is 0 Å². The molecule has 0 saturated heterocycles. The third kappa shape index (κ3) is 16.0. The van der Waals surface area contributed by atoms with Crippen LogP contribution in [0.4, 0.5) is 39.5 Å². The molecule has 324 valence electrons. The molecule has 3 unspecified atom stereocenters. The Morgan fingerprint density at radius 1 is 0.542 bits per heavy atom. The number of ether oxygens (including phenoxy) is 1. The van der Waals surface area contributed by atoms with Crippen LogP contribution < -0.4 is 0 Å². The van der Waals surface area contributed by atoms with Crippen molar-refractivity contribution in [2.24, 2.45) is 0 Å². The molecule has 0 aliphatic heterocycles. The Labute approximate surface area is 360 Å². The van der Waals surface area contributed by atoms with E-state index in [2.05, 4.69) is 4.74 Å². The van der Waals surface area contributed by atoms with Crippen LogP contribution in [-0.2, 0) is 31.1 Å². The van der Waals surface area contributed by atoms with Gasteiger partial charge in [-0.3, -0.25) is 0 Å². The van der Waals surface area contributed by atoms with Gasteiger partial charge in [-0.25, -0.2) is 9.59 Å². The second kappa shape index (κ2) is 22.7. The summed E-state index contributed by atoms with van der Waals surface area (Å²) in [5.74, 6) is 5.83. The monoisotopic (exact) mass is 968 g/mol. The molecule has 0 bridgehead atoms. The van der Waals surface area contributed by atoms with Crippen molar-refractivity contribution in [1.82, 2.24) is 0 Å². The van der Waals surface area contributed by atoms with Gasteiger partial charge in [0.2, 0.25) is 16.8 Å². The van der Waals surface area contributed by atoms with Gasteiger partial charge in [-0.1, -0.05) is 96.3 Å². The molecule has 0 amide bonds. The van der Waals surface area contributed by atoms with E-state index in [0.29, 0.717) is 0 Å². The van der Waals surface area contributed by atoms with Crippen LogP contribution in [0, 0.1) is 35.5 Å². The fourth-order valence-electron chi connectivity index (χ4n) is 3.71. The van der Waals surface area contributed by atoms with Crippen molar-refractivity contribution < 1.29 is 79.4 Å². The largest absolute Gasteiger partial charge is 0.472 e. The highest BCUT2D eigenvalue weighted by Gasteiger charge is 2.56. The van der Waals surface area contributed by atoms with Crippen molar-refractivity contribution in [3.05, 3.63) is 101 Å². The lowest BCUT2D eigenvalue weighted by atomic mass is 9.93. The molecule has 0 spiro atoms. The summed E-state index contributed by atoms with van der Waals surface area (Å²) in [6.07, 6.45) is -15.4. The molecule has 0 fully saturated rings. The van der Waals surface area contributed by atoms with Gasteiger partial charge >= 0.3 is 30.5 Å². The van der Waals surface area contributed by atoms with Crippen molar-refractivity contribution in [3.8, 4) is 35.5 Å². The average molecular weight is 971 g/mol. The second-order valence-electron chi connectivity index (χ2n) is 10.4. The quantitative estimate of drug-likeness (QED) is 0.0756. The number of aliphatic hydroxyl groups excluding tert-OH is 1. The molecule has 3 atom stereocenters. The van der Waals surface area contributed by atoms with Crippen LogP contribution in [0.2, 0.25) is 30.1 Å². The minimum Gasteiger partial charge on any atom is -0.472 e. The first kappa shape index (κ1) is 57.3. The van der Waals surface area contributed by atoms with E-state index in [1.165, 1.54) is 29.9 Å². The van der Waals surface area contributed by atoms with E-state index in [4.69, 9.17) is 79.8 Å². The Hall–Kier alpha value is -3.77. The molecule has 0 saturated carbocycles. The normalized spacial score (nSPS) is 13.8. The zero-order valence-electron chi connectivity index (χ0n) is 27.5. The lowest BCUT2D eigenvalue weighted by Crippen LogP contribution is -2.41. The van der Waals surface area contributed by atoms with Crippen molar-refractivity contribution in [1.29, 1.82) is 0 Å². The fraction of sp³-hybridized carbons (Fsp3) is 0.278. The predicted octanol–water partition coefficient (Wildman–Crippen LogP) is 9.76. The summed E-state index contributed by atoms with van der Waals surface area (Å²) in [6, 6.07) is 8.71. The number of benzene rings is 3. The minimum atomic E-state index is -5.22. The SMILES string of the molecule is C.C.COC(=O)C#CC(O)(c1cc(Cl)cc(Cl)c1)C(F)(F)F.O=C(O)C#CC(O)(c1cc(Cl)cc(Cl)c1)C(F)(F)F.OCC#CC(O)(c1cc(Cl)cc(Cl)c1)C(F)(F)F. The maximum absolute atomic E-state index is 13.0. The summed E-state index contributed by atoms with van der Waals surface area (Å²) in [6.45, 7) is -0.813. The number of carboxylic acids is 1. The van der Waals surface area contributed by atoms with Crippen LogP contribution in [0.25, 0.3) is 0 Å². The lowest BCUT2D eigenvalue weighted by molar-refractivity contribution is -0.241. The number of hydrogen-bond acceptors (Lipinski definition) is 7. The zero-order chi connectivity index (χ0) is 44.4. The van der Waals surface area contributed by atoms with Crippen LogP contribution in [0.3, 0.4) is 0 Å². The first-order chi connectivity index (χ1) is 25.9. The van der Waals surface area contributed by atoms with Crippen molar-refractivity contribution in [2.75, 3.05) is 13.7 Å². The Balaban J connectivity index is 0. The van der Waals surface area contributed by atoms with Gasteiger partial charge in [0.25, 0.3) is 0 Å². The topological polar surface area (TPSA) is 145 Å². The number of methoxy groups -OCH3 is 1. The number of alkyl halides is 9. The van der Waals surface area contributed by atoms with Gasteiger partial charge in [0.1, 0.15) is 6.61 Å². The molecule has 5 N–H and O–H groups in total. The molecule has 0 aromatic heterocycles. The van der Waals surface area contributed by atoms with Crippen molar-refractivity contribution in [3.63, 3.8) is 0 Å². The summed E-state index contributed by atoms with van der Waals surface area (Å²) in [7, 11) is 0.944. The first-order valence-electron chi connectivity index (χ1n) is 14.1. The standard InChI is InChI=1S/C12H7Cl2F3O3.C11H5Cl2F3O3.C11H7Cl2F3O2.2CH4/c1-20-10(18)2-3-11(19,12(15,16)17)7-4-8(13)6-9(14)5-7;12-7-3-6(4-8(13)5-7)10(19,11(14,15)16)2-1-9(17)18;12-8-4-7(5-9(13)6-8)10(18,2-1-3-17)11(14,15)16;;/h4-6,19H,1H3;3-5,19H,(H,17,18);4-6,17-18H,3H2;2*1H4. The number of carbonyl (C=O) groups excluding carboxylic acids is 1. The summed E-state index contributed by atoms with van der Waals surface area (Å²) in [5, 5.41) is 45.2. The van der Waals surface area contributed by atoms with Crippen LogP contribution >= 0.6 is 69.6 Å². The summed E-state index contributed by atoms with van der Waals surface area (Å²) in [5.41, 5.74) is -12.7. The number of halogens is 15. The number of rotatable bonds is 3. The Bertz CT molecular complexity index is 2090. The molecular weight excluding hydrogens is 944 g/mol. The average Bonchev–Trinajstić information content (AvgIpc) is 3.06. The number of esters is 1. The van der Waals surface area contributed by atoms with Crippen LogP contribution in [-0.4, -0.2) is 69.7 Å². The van der Waals surface area contributed by atoms with Crippen LogP contribution in [0.5, 0.6) is 0 Å². The number of aliphatic hydroxyl groups is 4. The molecule has 3 aromatic rings. The minimum absolute atomic E-state index is 0.